The van der Waals surface area contributed by atoms with Gasteiger partial charge in [-0.25, -0.2) is 4.39 Å². The molecule has 0 radical (unpaired) electrons. The molecule has 0 spiro atoms. The smallest absolute Gasteiger partial charge is 0.269 e. The van der Waals surface area contributed by atoms with Crippen molar-refractivity contribution in [3.8, 4) is 17.2 Å². The number of fused-ring (bicyclic) bond motifs is 2. The second-order valence-electron chi connectivity index (χ2n) is 18.2. The summed E-state index contributed by atoms with van der Waals surface area (Å²) in [6, 6.07) is 24.8. The molecule has 370 valence electrons. The van der Waals surface area contributed by atoms with Crippen molar-refractivity contribution in [1.29, 1.82) is 0 Å². The average molecular weight is 976 g/mol. The van der Waals surface area contributed by atoms with E-state index in [-0.39, 0.29) is 56.2 Å². The van der Waals surface area contributed by atoms with Gasteiger partial charge in [-0.05, 0) is 146 Å². The highest BCUT2D eigenvalue weighted by Crippen LogP contribution is 2.62. The monoisotopic (exact) mass is 975 g/mol. The summed E-state index contributed by atoms with van der Waals surface area (Å²) in [6.45, 7) is 4.79. The largest absolute Gasteiger partial charge is 0.459 e. The molecule has 2 aliphatic carbocycles. The Morgan fingerprint density at radius 2 is 1.73 bits per heavy atom. The molecule has 13 nitrogen and oxygen atoms in total. The number of nitro groups is 1. The molecule has 0 bridgehead atoms. The molecule has 2 aliphatic heterocycles. The normalized spacial score (nSPS) is 24.2. The van der Waals surface area contributed by atoms with Crippen LogP contribution in [0.15, 0.2) is 131 Å². The topological polar surface area (TPSA) is 162 Å². The van der Waals surface area contributed by atoms with Gasteiger partial charge in [0.15, 0.2) is 0 Å². The lowest BCUT2D eigenvalue weighted by atomic mass is 9.55. The van der Waals surface area contributed by atoms with E-state index < -0.39 is 40.7 Å². The molecule has 4 aromatic carbocycles. The Morgan fingerprint density at radius 3 is 2.41 bits per heavy atom. The van der Waals surface area contributed by atoms with Gasteiger partial charge in [-0.1, -0.05) is 42.3 Å². The number of aliphatic hydroxyl groups is 2. The molecule has 2 heterocycles. The molecule has 2 fully saturated rings. The molecule has 8 rings (SSSR count). The lowest BCUT2D eigenvalue weighted by Crippen LogP contribution is -2.70. The highest BCUT2D eigenvalue weighted by molar-refractivity contribution is 7.98. The van der Waals surface area contributed by atoms with Crippen molar-refractivity contribution in [1.82, 2.24) is 4.90 Å². The van der Waals surface area contributed by atoms with Crippen molar-refractivity contribution < 1.29 is 48.1 Å². The minimum Gasteiger partial charge on any atom is -0.459 e. The van der Waals surface area contributed by atoms with Crippen LogP contribution in [0.2, 0.25) is 0 Å². The zero-order valence-electron chi connectivity index (χ0n) is 39.5. The van der Waals surface area contributed by atoms with Crippen molar-refractivity contribution in [2.75, 3.05) is 32.7 Å². The Bertz CT molecular complexity index is 2510. The van der Waals surface area contributed by atoms with E-state index in [9.17, 15) is 24.7 Å². The molecule has 1 saturated carbocycles. The number of allylic oxidation sites excluding steroid dienone is 1. The van der Waals surface area contributed by atoms with Gasteiger partial charge in [-0.15, -0.1) is 18.3 Å². The molecule has 1 saturated heterocycles. The van der Waals surface area contributed by atoms with Crippen molar-refractivity contribution in [2.24, 2.45) is 22.9 Å². The minimum atomic E-state index is -1.57. The third-order valence-electron chi connectivity index (χ3n) is 13.8. The number of carbonyl (C=O) groups is 1. The number of benzene rings is 4. The van der Waals surface area contributed by atoms with Crippen LogP contribution in [0, 0.1) is 33.7 Å². The maximum Gasteiger partial charge on any atom is 0.269 e. The third kappa shape index (κ3) is 11.7. The number of unbranched alkanes of at least 4 members (excludes halogenated alkanes) is 2. The number of amides is 1. The number of aliphatic hydroxyl groups excluding tert-OH is 2. The highest BCUT2D eigenvalue weighted by Gasteiger charge is 2.65. The zero-order chi connectivity index (χ0) is 49.0. The lowest BCUT2D eigenvalue weighted by molar-refractivity contribution is -0.384. The fraction of sp³-hybridized carbons (Fsp3) is 0.418. The van der Waals surface area contributed by atoms with E-state index in [1.165, 1.54) is 30.3 Å². The molecule has 70 heavy (non-hydrogen) atoms. The third-order valence-corrected chi connectivity index (χ3v) is 14.5. The fourth-order valence-corrected chi connectivity index (χ4v) is 10.9. The molecule has 0 aromatic heterocycles. The van der Waals surface area contributed by atoms with Crippen LogP contribution in [0.3, 0.4) is 0 Å². The second kappa shape index (κ2) is 23.8. The van der Waals surface area contributed by atoms with Crippen molar-refractivity contribution >= 4 is 35.1 Å². The highest BCUT2D eigenvalue weighted by atomic mass is 32.2. The van der Waals surface area contributed by atoms with E-state index in [0.717, 1.165) is 54.6 Å². The molecule has 2 N–H and O–H groups in total. The van der Waals surface area contributed by atoms with Crippen LogP contribution in [0.4, 0.5) is 10.1 Å². The summed E-state index contributed by atoms with van der Waals surface area (Å²) in [4.78, 5) is 35.3. The van der Waals surface area contributed by atoms with Crippen LogP contribution in [0.25, 0.3) is 6.08 Å². The number of carbonyl (C=O) groups excluding carboxylic acids is 1. The maximum absolute atomic E-state index is 15.2. The van der Waals surface area contributed by atoms with Crippen LogP contribution in [0.5, 0.6) is 17.2 Å². The van der Waals surface area contributed by atoms with Gasteiger partial charge in [0.2, 0.25) is 18.0 Å². The standard InChI is InChI=1S/C55H62FN3O10S/c1-3-31-66-55-50(58(36-38-13-18-40(56)19-14-38)51(62)28-17-37-15-20-41(21-16-37)59(63)64)35-48(57-69-52-12-6-9-32-65-52)46-33-39(10-4-7-29-60)45(11-5-8-30-61)53(54(46)55)47-34-43(24-27-49(47)68-55)67-42-22-25-44(70-2)26-23-42/h3,13-28,33-34,39,45,50,52-54,60-61H,1,4-12,29-32,35-36H2,2H3/t39-,45+,50-,52?,53+,54+,55+/m0/s1. The van der Waals surface area contributed by atoms with Gasteiger partial charge in [-0.3, -0.25) is 14.9 Å². The van der Waals surface area contributed by atoms with E-state index in [0.29, 0.717) is 60.0 Å². The Hall–Kier alpha value is -5.84. The number of hydrogen-bond donors (Lipinski definition) is 2. The summed E-state index contributed by atoms with van der Waals surface area (Å²) < 4.78 is 41.7. The maximum atomic E-state index is 15.2. The van der Waals surface area contributed by atoms with E-state index in [2.05, 4.69) is 12.7 Å². The van der Waals surface area contributed by atoms with Crippen LogP contribution in [-0.2, 0) is 25.7 Å². The first-order valence-electron chi connectivity index (χ1n) is 24.3. The summed E-state index contributed by atoms with van der Waals surface area (Å²) in [5.74, 6) is -1.51. The molecule has 7 atom stereocenters. The quantitative estimate of drug-likeness (QED) is 0.0192. The number of oxime groups is 1. The van der Waals surface area contributed by atoms with Gasteiger partial charge < -0.3 is 38.9 Å². The number of ether oxygens (including phenoxy) is 4. The molecule has 4 aromatic rings. The Kier molecular flexibility index (Phi) is 17.2. The van der Waals surface area contributed by atoms with Gasteiger partial charge in [0.05, 0.1) is 29.8 Å². The van der Waals surface area contributed by atoms with Crippen LogP contribution in [-0.4, -0.2) is 82.5 Å². The summed E-state index contributed by atoms with van der Waals surface area (Å²) >= 11 is 1.65. The first-order valence-corrected chi connectivity index (χ1v) is 25.5. The van der Waals surface area contributed by atoms with Gasteiger partial charge in [-0.2, -0.15) is 0 Å². The Balaban J connectivity index is 1.33. The first kappa shape index (κ1) is 50.5. The van der Waals surface area contributed by atoms with Crippen molar-refractivity contribution in [2.45, 2.75) is 99.7 Å². The van der Waals surface area contributed by atoms with Crippen molar-refractivity contribution in [3.63, 3.8) is 0 Å². The molecule has 1 amide bonds. The van der Waals surface area contributed by atoms with Gasteiger partial charge in [0.1, 0.15) is 29.1 Å². The number of nitrogens with zero attached hydrogens (tertiary/aromatic N) is 3. The molecular weight excluding hydrogens is 914 g/mol. The molecule has 1 unspecified atom stereocenters. The Labute approximate surface area is 413 Å². The summed E-state index contributed by atoms with van der Waals surface area (Å²) in [6.07, 6.45) is 15.4. The predicted octanol–water partition coefficient (Wildman–Crippen LogP) is 11.2. The van der Waals surface area contributed by atoms with Gasteiger partial charge in [0, 0.05) is 67.2 Å². The second-order valence-corrected chi connectivity index (χ2v) is 19.1. The van der Waals surface area contributed by atoms with Gasteiger partial charge in [0.25, 0.3) is 5.69 Å². The minimum absolute atomic E-state index is 0.00229. The van der Waals surface area contributed by atoms with Gasteiger partial charge >= 0.3 is 0 Å². The predicted molar refractivity (Wildman–Crippen MR) is 267 cm³/mol. The number of rotatable bonds is 22. The summed E-state index contributed by atoms with van der Waals surface area (Å²) in [5, 5.41) is 36.5. The molecule has 4 aliphatic rings. The number of halogens is 1. The number of nitro benzene ring substituents is 1. The Morgan fingerprint density at radius 1 is 0.986 bits per heavy atom. The zero-order valence-corrected chi connectivity index (χ0v) is 40.4. The van der Waals surface area contributed by atoms with Crippen LogP contribution < -0.4 is 9.47 Å². The first-order chi connectivity index (χ1) is 34.1. The summed E-state index contributed by atoms with van der Waals surface area (Å²) in [7, 11) is 0. The summed E-state index contributed by atoms with van der Waals surface area (Å²) in [5.41, 5.74) is 3.53. The van der Waals surface area contributed by atoms with Crippen LogP contribution in [0.1, 0.15) is 86.8 Å². The SMILES string of the molecule is C=CCO[C@@]12Oc3ccc(Oc4ccc(SC)cc4)cc3[C@H]3[C@H](CCCCO)[C@@H](CCCCO)C=C(C(=NOC4CCCCO4)C[C@@H]1N(Cc1ccc(F)cc1)C(=O)C=Cc1ccc([N+](=O)[O-])cc1)[C@H]32. The number of non-ortho nitro benzene ring substituents is 1. The molecular formula is C55H62FN3O10S. The van der Waals surface area contributed by atoms with E-state index in [4.69, 9.17) is 28.9 Å². The van der Waals surface area contributed by atoms with E-state index >= 15 is 4.79 Å². The van der Waals surface area contributed by atoms with E-state index in [1.54, 1.807) is 53.1 Å². The van der Waals surface area contributed by atoms with Crippen LogP contribution >= 0.6 is 11.8 Å². The number of thioether (sulfide) groups is 1. The fourth-order valence-electron chi connectivity index (χ4n) is 10.5. The molecule has 15 heteroatoms. The average Bonchev–Trinajstić information content (AvgIpc) is 3.38. The van der Waals surface area contributed by atoms with Crippen molar-refractivity contribution in [3.05, 3.63) is 154 Å². The van der Waals surface area contributed by atoms with E-state index in [1.807, 2.05) is 48.7 Å². The number of hydrogen-bond acceptors (Lipinski definition) is 12. The lowest BCUT2D eigenvalue weighted by Gasteiger charge is -2.60.